The number of quaternary nitrogens is 2. The molecule has 0 rings (SSSR count). The van der Waals surface area contributed by atoms with Crippen molar-refractivity contribution >= 4 is 9.05 Å². The number of rotatable bonds is 0. The van der Waals surface area contributed by atoms with Crippen LogP contribution in [-0.4, -0.2) is 84.0 Å². The molecule has 0 saturated heterocycles. The van der Waals surface area contributed by atoms with Gasteiger partial charge in [0, 0.05) is 0 Å². The molecular weight excluding hydrogens is 216 g/mol. The van der Waals surface area contributed by atoms with E-state index >= 15 is 0 Å². The molecular formula is C8H26N2O4Si. The highest BCUT2D eigenvalue weighted by Gasteiger charge is 1.88. The molecule has 15 heavy (non-hydrogen) atoms. The third-order valence-corrected chi connectivity index (χ3v) is 0. The van der Waals surface area contributed by atoms with E-state index in [-0.39, 0.29) is 0 Å². The van der Waals surface area contributed by atoms with Crippen LogP contribution in [0.15, 0.2) is 0 Å². The topological polar surface area (TPSA) is 86.6 Å². The Morgan fingerprint density at radius 2 is 0.667 bits per heavy atom. The highest BCUT2D eigenvalue weighted by atomic mass is 28.4. The fraction of sp³-hybridized carbons (Fsp3) is 1.00. The van der Waals surface area contributed by atoms with Crippen molar-refractivity contribution in [3.05, 3.63) is 0 Å². The summed E-state index contributed by atoms with van der Waals surface area (Å²) in [6.07, 6.45) is 0. The minimum Gasteiger partial charge on any atom is -0.828 e. The van der Waals surface area contributed by atoms with Crippen LogP contribution in [-0.2, 0) is 0 Å². The molecule has 0 bridgehead atoms. The van der Waals surface area contributed by atoms with Crippen molar-refractivity contribution in [1.82, 2.24) is 0 Å². The smallest absolute Gasteiger partial charge is 0.140 e. The fourth-order valence-electron chi connectivity index (χ4n) is 0. The van der Waals surface area contributed by atoms with E-state index < -0.39 is 9.05 Å². The van der Waals surface area contributed by atoms with Gasteiger partial charge in [0.2, 0.25) is 0 Å². The van der Waals surface area contributed by atoms with E-state index in [2.05, 4.69) is 56.4 Å². The highest BCUT2D eigenvalue weighted by Crippen LogP contribution is 1.74. The van der Waals surface area contributed by atoms with Gasteiger partial charge in [0.15, 0.2) is 0 Å². The van der Waals surface area contributed by atoms with Gasteiger partial charge in [0.1, 0.15) is 9.05 Å². The molecule has 7 heteroatoms. The van der Waals surface area contributed by atoms with Crippen LogP contribution in [0.25, 0.3) is 0 Å². The lowest BCUT2D eigenvalue weighted by Crippen LogP contribution is -2.63. The minimum atomic E-state index is -5.11. The molecule has 0 aromatic heterocycles. The normalized spacial score (nSPS) is 12.0. The fourth-order valence-corrected chi connectivity index (χ4v) is 0. The van der Waals surface area contributed by atoms with Crippen molar-refractivity contribution in [3.63, 3.8) is 0 Å². The van der Waals surface area contributed by atoms with Crippen LogP contribution in [0.4, 0.5) is 0 Å². The van der Waals surface area contributed by atoms with Crippen molar-refractivity contribution in [1.29, 1.82) is 0 Å². The predicted octanol–water partition coefficient (Wildman–Crippen LogP) is -3.23. The summed E-state index contributed by atoms with van der Waals surface area (Å²) in [5, 5.41) is 0. The van der Waals surface area contributed by atoms with Crippen molar-refractivity contribution in [2.24, 2.45) is 0 Å². The van der Waals surface area contributed by atoms with Crippen molar-refractivity contribution in [2.45, 2.75) is 0 Å². The average molecular weight is 242 g/mol. The van der Waals surface area contributed by atoms with E-state index in [1.807, 2.05) is 0 Å². The standard InChI is InChI=1S/2C4H12N.H2O4Si/c3*1-5(2,3)4/h2*1-4H3;1-2H/q2*+1;-2. The van der Waals surface area contributed by atoms with Gasteiger partial charge in [-0.15, -0.1) is 0 Å². The first-order valence-corrected chi connectivity index (χ1v) is 6.14. The lowest BCUT2D eigenvalue weighted by Gasteiger charge is -2.29. The van der Waals surface area contributed by atoms with E-state index in [1.165, 1.54) is 0 Å². The van der Waals surface area contributed by atoms with Gasteiger partial charge in [-0.25, -0.2) is 0 Å². The Morgan fingerprint density at radius 3 is 0.667 bits per heavy atom. The summed E-state index contributed by atoms with van der Waals surface area (Å²) in [5.74, 6) is 0. The average Bonchev–Trinajstić information content (AvgIpc) is 1.41. The molecule has 0 saturated carbocycles. The monoisotopic (exact) mass is 242 g/mol. The van der Waals surface area contributed by atoms with Gasteiger partial charge >= 0.3 is 0 Å². The lowest BCUT2D eigenvalue weighted by molar-refractivity contribution is -0.849. The van der Waals surface area contributed by atoms with E-state index in [4.69, 9.17) is 19.2 Å². The number of hydrogen-bond donors (Lipinski definition) is 2. The van der Waals surface area contributed by atoms with Gasteiger partial charge in [0.05, 0.1) is 56.4 Å². The molecule has 0 aliphatic rings. The first-order chi connectivity index (χ1) is 6.00. The van der Waals surface area contributed by atoms with Crippen molar-refractivity contribution in [2.75, 3.05) is 56.4 Å². The lowest BCUT2D eigenvalue weighted by atomic mass is 10.8. The summed E-state index contributed by atoms with van der Waals surface area (Å²) in [7, 11) is 11.9. The first kappa shape index (κ1) is 20.4. The Balaban J connectivity index is -0.000000144. The van der Waals surface area contributed by atoms with Crippen LogP contribution in [0.2, 0.25) is 0 Å². The molecule has 0 aliphatic heterocycles. The SMILES string of the molecule is C[N+](C)(C)C.C[N+](C)(C)C.[O-][Si]([O-])(O)O. The highest BCUT2D eigenvalue weighted by molar-refractivity contribution is 6.42. The summed E-state index contributed by atoms with van der Waals surface area (Å²) >= 11 is 0. The van der Waals surface area contributed by atoms with Gasteiger partial charge in [-0.2, -0.15) is 0 Å². The number of hydrogen-bond acceptors (Lipinski definition) is 4. The zero-order chi connectivity index (χ0) is 13.5. The summed E-state index contributed by atoms with van der Waals surface area (Å²) in [5.41, 5.74) is 0. The summed E-state index contributed by atoms with van der Waals surface area (Å²) < 4.78 is 2.00. The van der Waals surface area contributed by atoms with Crippen LogP contribution in [0.3, 0.4) is 0 Å². The van der Waals surface area contributed by atoms with Crippen LogP contribution in [0.5, 0.6) is 0 Å². The molecule has 2 N–H and O–H groups in total. The van der Waals surface area contributed by atoms with Crippen LogP contribution < -0.4 is 9.59 Å². The van der Waals surface area contributed by atoms with Gasteiger partial charge in [-0.3, -0.25) is 0 Å². The second-order valence-electron chi connectivity index (χ2n) is 5.92. The predicted molar refractivity (Wildman–Crippen MR) is 58.1 cm³/mol. The summed E-state index contributed by atoms with van der Waals surface area (Å²) in [6.45, 7) is 0. The molecule has 0 unspecified atom stereocenters. The van der Waals surface area contributed by atoms with Gasteiger partial charge in [0.25, 0.3) is 0 Å². The molecule has 0 aromatic carbocycles. The Kier molecular flexibility index (Phi) is 9.90. The van der Waals surface area contributed by atoms with Gasteiger partial charge in [-0.05, 0) is 0 Å². The van der Waals surface area contributed by atoms with E-state index in [9.17, 15) is 0 Å². The Hall–Kier alpha value is -0.0231. The van der Waals surface area contributed by atoms with E-state index in [1.54, 1.807) is 0 Å². The Bertz CT molecular complexity index is 99.7. The van der Waals surface area contributed by atoms with Gasteiger partial charge in [-0.1, -0.05) is 0 Å². The molecule has 0 fully saturated rings. The van der Waals surface area contributed by atoms with Crippen LogP contribution in [0, 0.1) is 0 Å². The maximum atomic E-state index is 8.80. The molecule has 96 valence electrons. The molecule has 0 aromatic rings. The van der Waals surface area contributed by atoms with Crippen molar-refractivity contribution in [3.8, 4) is 0 Å². The quantitative estimate of drug-likeness (QED) is 0.345. The van der Waals surface area contributed by atoms with E-state index in [0.717, 1.165) is 8.97 Å². The maximum Gasteiger partial charge on any atom is 0.140 e. The molecule has 0 atom stereocenters. The third-order valence-electron chi connectivity index (χ3n) is 0. The molecule has 0 amide bonds. The zero-order valence-electron chi connectivity index (χ0n) is 11.1. The summed E-state index contributed by atoms with van der Waals surface area (Å²) in [4.78, 5) is 31.8. The maximum absolute atomic E-state index is 8.80. The second kappa shape index (κ2) is 7.28. The zero-order valence-corrected chi connectivity index (χ0v) is 12.1. The molecule has 0 spiro atoms. The molecule has 0 aliphatic carbocycles. The Labute approximate surface area is 94.3 Å². The second-order valence-corrected chi connectivity index (χ2v) is 7.01. The third kappa shape index (κ3) is 3750000. The van der Waals surface area contributed by atoms with Crippen LogP contribution >= 0.6 is 0 Å². The van der Waals surface area contributed by atoms with Gasteiger partial charge < -0.3 is 28.1 Å². The van der Waals surface area contributed by atoms with Crippen molar-refractivity contribution < 1.29 is 28.1 Å². The first-order valence-electron chi connectivity index (χ1n) is 4.43. The minimum absolute atomic E-state index is 1.00. The largest absolute Gasteiger partial charge is 0.828 e. The molecule has 6 nitrogen and oxygen atoms in total. The molecule has 0 radical (unpaired) electrons. The number of nitrogens with zero attached hydrogens (tertiary/aromatic N) is 2. The molecule has 0 heterocycles. The van der Waals surface area contributed by atoms with E-state index in [0.29, 0.717) is 0 Å². The Morgan fingerprint density at radius 1 is 0.667 bits per heavy atom. The summed E-state index contributed by atoms with van der Waals surface area (Å²) in [6, 6.07) is 0. The van der Waals surface area contributed by atoms with Crippen LogP contribution in [0.1, 0.15) is 0 Å².